The van der Waals surface area contributed by atoms with Crippen LogP contribution >= 0.6 is 0 Å². The Bertz CT molecular complexity index is 367. The van der Waals surface area contributed by atoms with E-state index in [4.69, 9.17) is 4.74 Å². The number of phenolic OH excluding ortho intramolecular Hbond substituents is 1. The lowest BCUT2D eigenvalue weighted by atomic mass is 10.00. The Balaban J connectivity index is 2.32. The van der Waals surface area contributed by atoms with Crippen LogP contribution in [-0.2, 0) is 4.74 Å². The van der Waals surface area contributed by atoms with Gasteiger partial charge in [0.2, 0.25) is 0 Å². The summed E-state index contributed by atoms with van der Waals surface area (Å²) in [6.07, 6.45) is 3.01. The van der Waals surface area contributed by atoms with Gasteiger partial charge in [0, 0.05) is 0 Å². The zero-order chi connectivity index (χ0) is 9.97. The third-order valence-corrected chi connectivity index (χ3v) is 2.54. The summed E-state index contributed by atoms with van der Waals surface area (Å²) in [5.74, 6) is 0.370. The van der Waals surface area contributed by atoms with E-state index in [9.17, 15) is 5.11 Å². The molecule has 1 heterocycles. The molecule has 2 heteroatoms. The quantitative estimate of drug-likeness (QED) is 0.737. The lowest BCUT2D eigenvalue weighted by molar-refractivity contribution is 0.161. The fraction of sp³-hybridized carbons (Fsp3) is 0.333. The van der Waals surface area contributed by atoms with Crippen LogP contribution in [0.15, 0.2) is 24.3 Å². The Morgan fingerprint density at radius 3 is 2.86 bits per heavy atom. The molecule has 0 amide bonds. The second-order valence-electron chi connectivity index (χ2n) is 3.56. The minimum atomic E-state index is 0.370. The molecule has 0 bridgehead atoms. The van der Waals surface area contributed by atoms with Crippen LogP contribution in [0.4, 0.5) is 0 Å². The minimum absolute atomic E-state index is 0.370. The zero-order valence-electron chi connectivity index (χ0n) is 8.29. The maximum Gasteiger partial charge on any atom is 0.119 e. The van der Waals surface area contributed by atoms with E-state index in [1.54, 1.807) is 0 Å². The molecule has 2 rings (SSSR count). The molecule has 74 valence electrons. The lowest BCUT2D eigenvalue weighted by Crippen LogP contribution is -2.03. The number of benzene rings is 1. The van der Waals surface area contributed by atoms with E-state index in [1.807, 2.05) is 25.1 Å². The summed E-state index contributed by atoms with van der Waals surface area (Å²) in [5, 5.41) is 9.57. The first kappa shape index (κ1) is 9.28. The molecule has 0 atom stereocenters. The molecule has 0 spiro atoms. The van der Waals surface area contributed by atoms with Gasteiger partial charge in [-0.25, -0.2) is 0 Å². The van der Waals surface area contributed by atoms with Crippen LogP contribution < -0.4 is 0 Å². The second-order valence-corrected chi connectivity index (χ2v) is 3.56. The minimum Gasteiger partial charge on any atom is -0.508 e. The molecule has 0 saturated heterocycles. The summed E-state index contributed by atoms with van der Waals surface area (Å²) in [4.78, 5) is 0. The van der Waals surface area contributed by atoms with Crippen molar-refractivity contribution in [3.63, 3.8) is 0 Å². The van der Waals surface area contributed by atoms with Crippen molar-refractivity contribution in [1.82, 2.24) is 0 Å². The average molecular weight is 190 g/mol. The Kier molecular flexibility index (Phi) is 2.55. The lowest BCUT2D eigenvalue weighted by Gasteiger charge is -2.14. The first-order valence-corrected chi connectivity index (χ1v) is 4.84. The standard InChI is InChI=1S/C12H14O2/c1-9-2-3-11(8-12(9)13)10-4-6-14-7-5-10/h2-4,8,13H,5-7H2,1H3. The predicted octanol–water partition coefficient (Wildman–Crippen LogP) is 2.50. The van der Waals surface area contributed by atoms with Gasteiger partial charge >= 0.3 is 0 Å². The van der Waals surface area contributed by atoms with Crippen molar-refractivity contribution >= 4 is 5.57 Å². The molecule has 14 heavy (non-hydrogen) atoms. The highest BCUT2D eigenvalue weighted by atomic mass is 16.5. The van der Waals surface area contributed by atoms with E-state index in [2.05, 4.69) is 6.08 Å². The van der Waals surface area contributed by atoms with E-state index >= 15 is 0 Å². The number of rotatable bonds is 1. The Hall–Kier alpha value is -1.28. The van der Waals surface area contributed by atoms with Crippen LogP contribution in [0, 0.1) is 6.92 Å². The third-order valence-electron chi connectivity index (χ3n) is 2.54. The molecule has 1 aliphatic rings. The fourth-order valence-electron chi connectivity index (χ4n) is 1.60. The zero-order valence-corrected chi connectivity index (χ0v) is 8.29. The first-order valence-electron chi connectivity index (χ1n) is 4.84. The molecule has 1 aromatic rings. The van der Waals surface area contributed by atoms with Crippen molar-refractivity contribution < 1.29 is 9.84 Å². The van der Waals surface area contributed by atoms with Gasteiger partial charge in [0.05, 0.1) is 13.2 Å². The highest BCUT2D eigenvalue weighted by molar-refractivity contribution is 5.67. The SMILES string of the molecule is Cc1ccc(C2=CCOCC2)cc1O. The molecule has 1 aliphatic heterocycles. The van der Waals surface area contributed by atoms with Crippen LogP contribution in [0.1, 0.15) is 17.5 Å². The molecule has 0 fully saturated rings. The predicted molar refractivity (Wildman–Crippen MR) is 56.3 cm³/mol. The van der Waals surface area contributed by atoms with Gasteiger partial charge in [-0.1, -0.05) is 18.2 Å². The third kappa shape index (κ3) is 1.80. The van der Waals surface area contributed by atoms with Crippen molar-refractivity contribution in [2.24, 2.45) is 0 Å². The summed E-state index contributed by atoms with van der Waals surface area (Å²) in [7, 11) is 0. The largest absolute Gasteiger partial charge is 0.508 e. The van der Waals surface area contributed by atoms with Gasteiger partial charge in [-0.05, 0) is 36.1 Å². The topological polar surface area (TPSA) is 29.5 Å². The number of ether oxygens (including phenoxy) is 1. The molecule has 0 aliphatic carbocycles. The fourth-order valence-corrected chi connectivity index (χ4v) is 1.60. The van der Waals surface area contributed by atoms with Crippen LogP contribution in [0.3, 0.4) is 0 Å². The molecule has 2 nitrogen and oxygen atoms in total. The number of aryl methyl sites for hydroxylation is 1. The van der Waals surface area contributed by atoms with E-state index in [0.717, 1.165) is 24.2 Å². The summed E-state index contributed by atoms with van der Waals surface area (Å²) in [6.45, 7) is 3.36. The van der Waals surface area contributed by atoms with Gasteiger partial charge in [-0.3, -0.25) is 0 Å². The molecular weight excluding hydrogens is 176 g/mol. The molecule has 0 radical (unpaired) electrons. The van der Waals surface area contributed by atoms with Gasteiger partial charge < -0.3 is 9.84 Å². The van der Waals surface area contributed by atoms with E-state index < -0.39 is 0 Å². The second kappa shape index (κ2) is 3.84. The average Bonchev–Trinajstić information content (AvgIpc) is 2.23. The summed E-state index contributed by atoms with van der Waals surface area (Å²) < 4.78 is 5.24. The summed E-state index contributed by atoms with van der Waals surface area (Å²) in [5.41, 5.74) is 3.30. The van der Waals surface area contributed by atoms with E-state index in [-0.39, 0.29) is 0 Å². The van der Waals surface area contributed by atoms with Crippen molar-refractivity contribution in [3.05, 3.63) is 35.4 Å². The normalized spacial score (nSPS) is 16.5. The summed E-state index contributed by atoms with van der Waals surface area (Å²) >= 11 is 0. The smallest absolute Gasteiger partial charge is 0.119 e. The number of phenols is 1. The van der Waals surface area contributed by atoms with Crippen LogP contribution in [0.25, 0.3) is 5.57 Å². The molecule has 0 aromatic heterocycles. The van der Waals surface area contributed by atoms with Crippen molar-refractivity contribution in [2.75, 3.05) is 13.2 Å². The maximum atomic E-state index is 9.57. The Morgan fingerprint density at radius 2 is 2.21 bits per heavy atom. The van der Waals surface area contributed by atoms with Crippen LogP contribution in [0.2, 0.25) is 0 Å². The highest BCUT2D eigenvalue weighted by Gasteiger charge is 2.07. The van der Waals surface area contributed by atoms with Crippen LogP contribution in [0.5, 0.6) is 5.75 Å². The highest BCUT2D eigenvalue weighted by Crippen LogP contribution is 2.26. The molecule has 1 N–H and O–H groups in total. The maximum absolute atomic E-state index is 9.57. The molecule has 0 unspecified atom stereocenters. The van der Waals surface area contributed by atoms with Gasteiger partial charge in [-0.15, -0.1) is 0 Å². The van der Waals surface area contributed by atoms with Gasteiger partial charge in [0.25, 0.3) is 0 Å². The Labute approximate surface area is 83.8 Å². The number of aromatic hydroxyl groups is 1. The first-order chi connectivity index (χ1) is 6.77. The van der Waals surface area contributed by atoms with Crippen LogP contribution in [-0.4, -0.2) is 18.3 Å². The van der Waals surface area contributed by atoms with E-state index in [1.165, 1.54) is 5.57 Å². The van der Waals surface area contributed by atoms with Gasteiger partial charge in [-0.2, -0.15) is 0 Å². The molecular formula is C12H14O2. The summed E-state index contributed by atoms with van der Waals surface area (Å²) in [6, 6.07) is 5.82. The Morgan fingerprint density at radius 1 is 1.36 bits per heavy atom. The number of hydrogen-bond acceptors (Lipinski definition) is 2. The van der Waals surface area contributed by atoms with Crippen molar-refractivity contribution in [3.8, 4) is 5.75 Å². The van der Waals surface area contributed by atoms with Crippen molar-refractivity contribution in [1.29, 1.82) is 0 Å². The van der Waals surface area contributed by atoms with Gasteiger partial charge in [0.1, 0.15) is 5.75 Å². The molecule has 1 aromatic carbocycles. The number of hydrogen-bond donors (Lipinski definition) is 1. The van der Waals surface area contributed by atoms with Crippen molar-refractivity contribution in [2.45, 2.75) is 13.3 Å². The van der Waals surface area contributed by atoms with Gasteiger partial charge in [0.15, 0.2) is 0 Å². The van der Waals surface area contributed by atoms with E-state index in [0.29, 0.717) is 12.4 Å². The monoisotopic (exact) mass is 190 g/mol. The molecule has 0 saturated carbocycles.